The standard InChI is InChI=1S/C10H5N3O3/c11-3-6-1-2-7(12-4-6)8-9(10(14)15)16-5-13-8/h1-2,4-5H,(H,14,15). The van der Waals surface area contributed by atoms with Crippen LogP contribution in [0.1, 0.15) is 16.1 Å². The van der Waals surface area contributed by atoms with Crippen molar-refractivity contribution in [2.24, 2.45) is 0 Å². The van der Waals surface area contributed by atoms with E-state index in [0.29, 0.717) is 11.3 Å². The molecule has 0 fully saturated rings. The molecule has 0 radical (unpaired) electrons. The quantitative estimate of drug-likeness (QED) is 0.810. The summed E-state index contributed by atoms with van der Waals surface area (Å²) >= 11 is 0. The van der Waals surface area contributed by atoms with E-state index >= 15 is 0 Å². The van der Waals surface area contributed by atoms with Gasteiger partial charge in [-0.15, -0.1) is 0 Å². The predicted octanol–water partition coefficient (Wildman–Crippen LogP) is 1.31. The van der Waals surface area contributed by atoms with Gasteiger partial charge < -0.3 is 9.52 Å². The first-order valence-corrected chi connectivity index (χ1v) is 4.25. The highest BCUT2D eigenvalue weighted by molar-refractivity contribution is 5.90. The third kappa shape index (κ3) is 1.62. The van der Waals surface area contributed by atoms with E-state index in [-0.39, 0.29) is 11.5 Å². The lowest BCUT2D eigenvalue weighted by Crippen LogP contribution is -1.97. The molecule has 0 unspecified atom stereocenters. The summed E-state index contributed by atoms with van der Waals surface area (Å²) in [6.45, 7) is 0. The number of aromatic nitrogens is 2. The van der Waals surface area contributed by atoms with Crippen molar-refractivity contribution in [1.29, 1.82) is 5.26 Å². The number of oxazole rings is 1. The number of nitriles is 1. The SMILES string of the molecule is N#Cc1ccc(-c2ncoc2C(=O)O)nc1. The van der Waals surface area contributed by atoms with Gasteiger partial charge in [0.2, 0.25) is 5.76 Å². The second kappa shape index (κ2) is 3.82. The van der Waals surface area contributed by atoms with Crippen molar-refractivity contribution in [1.82, 2.24) is 9.97 Å². The van der Waals surface area contributed by atoms with Crippen LogP contribution in [0.4, 0.5) is 0 Å². The number of hydrogen-bond donors (Lipinski definition) is 1. The molecule has 2 aromatic rings. The van der Waals surface area contributed by atoms with E-state index in [1.807, 2.05) is 6.07 Å². The molecule has 0 aliphatic carbocycles. The van der Waals surface area contributed by atoms with Crippen LogP contribution in [0.3, 0.4) is 0 Å². The molecule has 78 valence electrons. The molecule has 0 spiro atoms. The smallest absolute Gasteiger partial charge is 0.374 e. The van der Waals surface area contributed by atoms with Crippen LogP contribution in [0, 0.1) is 11.3 Å². The van der Waals surface area contributed by atoms with Gasteiger partial charge in [-0.1, -0.05) is 0 Å². The molecule has 2 aromatic heterocycles. The second-order valence-electron chi connectivity index (χ2n) is 2.88. The van der Waals surface area contributed by atoms with Crippen LogP contribution in [0.5, 0.6) is 0 Å². The molecule has 0 aliphatic heterocycles. The van der Waals surface area contributed by atoms with Crippen LogP contribution in [-0.4, -0.2) is 21.0 Å². The molecule has 0 aliphatic rings. The Bertz CT molecular complexity index is 566. The Morgan fingerprint density at radius 1 is 1.44 bits per heavy atom. The summed E-state index contributed by atoms with van der Waals surface area (Å²) in [7, 11) is 0. The van der Waals surface area contributed by atoms with Crippen molar-refractivity contribution < 1.29 is 14.3 Å². The van der Waals surface area contributed by atoms with Gasteiger partial charge >= 0.3 is 5.97 Å². The Morgan fingerprint density at radius 2 is 2.25 bits per heavy atom. The van der Waals surface area contributed by atoms with E-state index in [0.717, 1.165) is 6.39 Å². The molecular formula is C10H5N3O3. The first kappa shape index (κ1) is 9.86. The fourth-order valence-electron chi connectivity index (χ4n) is 1.18. The van der Waals surface area contributed by atoms with E-state index < -0.39 is 5.97 Å². The lowest BCUT2D eigenvalue weighted by molar-refractivity contribution is 0.0663. The van der Waals surface area contributed by atoms with Crippen molar-refractivity contribution in [3.63, 3.8) is 0 Å². The van der Waals surface area contributed by atoms with Crippen LogP contribution in [-0.2, 0) is 0 Å². The number of nitrogens with zero attached hydrogens (tertiary/aromatic N) is 3. The van der Waals surface area contributed by atoms with Gasteiger partial charge in [0.25, 0.3) is 0 Å². The minimum Gasteiger partial charge on any atom is -0.475 e. The lowest BCUT2D eigenvalue weighted by atomic mass is 10.2. The van der Waals surface area contributed by atoms with Crippen molar-refractivity contribution in [3.8, 4) is 17.5 Å². The minimum absolute atomic E-state index is 0.150. The molecule has 2 heterocycles. The van der Waals surface area contributed by atoms with Gasteiger partial charge in [-0.3, -0.25) is 4.98 Å². The Kier molecular flexibility index (Phi) is 2.36. The fraction of sp³-hybridized carbons (Fsp3) is 0. The van der Waals surface area contributed by atoms with E-state index in [2.05, 4.69) is 9.97 Å². The first-order chi connectivity index (χ1) is 7.72. The predicted molar refractivity (Wildman–Crippen MR) is 51.4 cm³/mol. The number of pyridine rings is 1. The maximum Gasteiger partial charge on any atom is 0.374 e. The average molecular weight is 215 g/mol. The maximum atomic E-state index is 10.8. The Balaban J connectivity index is 2.47. The number of aromatic carboxylic acids is 1. The van der Waals surface area contributed by atoms with Gasteiger partial charge in [0.1, 0.15) is 11.8 Å². The molecule has 6 nitrogen and oxygen atoms in total. The summed E-state index contributed by atoms with van der Waals surface area (Å²) in [6, 6.07) is 4.96. The molecule has 0 atom stereocenters. The number of carboxylic acid groups (broad SMARTS) is 1. The zero-order chi connectivity index (χ0) is 11.5. The van der Waals surface area contributed by atoms with Gasteiger partial charge in [0.15, 0.2) is 6.39 Å². The Hall–Kier alpha value is -2.68. The molecule has 0 amide bonds. The topological polar surface area (TPSA) is 100 Å². The molecule has 16 heavy (non-hydrogen) atoms. The monoisotopic (exact) mass is 215 g/mol. The molecule has 0 saturated heterocycles. The summed E-state index contributed by atoms with van der Waals surface area (Å²) in [4.78, 5) is 18.5. The summed E-state index contributed by atoms with van der Waals surface area (Å²) in [6.07, 6.45) is 2.38. The van der Waals surface area contributed by atoms with E-state index in [4.69, 9.17) is 14.8 Å². The normalized spacial score (nSPS) is 9.69. The van der Waals surface area contributed by atoms with Crippen molar-refractivity contribution in [3.05, 3.63) is 36.0 Å². The maximum absolute atomic E-state index is 10.8. The van der Waals surface area contributed by atoms with Crippen molar-refractivity contribution in [2.75, 3.05) is 0 Å². The summed E-state index contributed by atoms with van der Waals surface area (Å²) in [5, 5.41) is 17.4. The van der Waals surface area contributed by atoms with Crippen LogP contribution < -0.4 is 0 Å². The Morgan fingerprint density at radius 3 is 2.81 bits per heavy atom. The highest BCUT2D eigenvalue weighted by Gasteiger charge is 2.17. The van der Waals surface area contributed by atoms with Crippen LogP contribution in [0.15, 0.2) is 29.1 Å². The van der Waals surface area contributed by atoms with Crippen LogP contribution in [0.25, 0.3) is 11.4 Å². The number of hydrogen-bond acceptors (Lipinski definition) is 5. The fourth-order valence-corrected chi connectivity index (χ4v) is 1.18. The van der Waals surface area contributed by atoms with E-state index in [9.17, 15) is 4.79 Å². The van der Waals surface area contributed by atoms with Gasteiger partial charge in [0, 0.05) is 6.20 Å². The van der Waals surface area contributed by atoms with Crippen molar-refractivity contribution >= 4 is 5.97 Å². The number of carbonyl (C=O) groups is 1. The lowest BCUT2D eigenvalue weighted by Gasteiger charge is -1.96. The highest BCUT2D eigenvalue weighted by Crippen LogP contribution is 2.19. The van der Waals surface area contributed by atoms with E-state index in [1.54, 1.807) is 0 Å². The molecule has 1 N–H and O–H groups in total. The summed E-state index contributed by atoms with van der Waals surface area (Å²) in [5.74, 6) is -1.48. The molecule has 0 aromatic carbocycles. The van der Waals surface area contributed by atoms with Gasteiger partial charge in [-0.2, -0.15) is 5.26 Å². The third-order valence-electron chi connectivity index (χ3n) is 1.90. The van der Waals surface area contributed by atoms with E-state index in [1.165, 1.54) is 18.3 Å². The molecule has 0 bridgehead atoms. The van der Waals surface area contributed by atoms with Gasteiger partial charge in [-0.05, 0) is 12.1 Å². The third-order valence-corrected chi connectivity index (χ3v) is 1.90. The average Bonchev–Trinajstić information content (AvgIpc) is 2.78. The summed E-state index contributed by atoms with van der Waals surface area (Å²) < 4.78 is 4.72. The zero-order valence-electron chi connectivity index (χ0n) is 7.91. The van der Waals surface area contributed by atoms with Crippen molar-refractivity contribution in [2.45, 2.75) is 0 Å². The molecule has 2 rings (SSSR count). The molecule has 6 heteroatoms. The summed E-state index contributed by atoms with van der Waals surface area (Å²) in [5.41, 5.74) is 0.895. The van der Waals surface area contributed by atoms with Gasteiger partial charge in [-0.25, -0.2) is 9.78 Å². The second-order valence-corrected chi connectivity index (χ2v) is 2.88. The van der Waals surface area contributed by atoms with Crippen LogP contribution >= 0.6 is 0 Å². The van der Waals surface area contributed by atoms with Crippen LogP contribution in [0.2, 0.25) is 0 Å². The molecular weight excluding hydrogens is 210 g/mol. The largest absolute Gasteiger partial charge is 0.475 e. The number of carboxylic acids is 1. The number of rotatable bonds is 2. The zero-order valence-corrected chi connectivity index (χ0v) is 7.91. The van der Waals surface area contributed by atoms with Gasteiger partial charge in [0.05, 0.1) is 11.3 Å². The minimum atomic E-state index is -1.21. The first-order valence-electron chi connectivity index (χ1n) is 4.25. The Labute approximate surface area is 89.8 Å². The highest BCUT2D eigenvalue weighted by atomic mass is 16.4. The molecule has 0 saturated carbocycles.